The molecule has 10 nitrogen and oxygen atoms in total. The number of aliphatic hydroxyl groups is 1. The molecular formula is C35H46N6O4. The summed E-state index contributed by atoms with van der Waals surface area (Å²) in [7, 11) is 0. The highest BCUT2D eigenvalue weighted by Crippen LogP contribution is 2.36. The molecule has 5 rings (SSSR count). The number of hydrogen-bond acceptors (Lipinski definition) is 7. The van der Waals surface area contributed by atoms with Crippen molar-refractivity contribution in [3.8, 4) is 11.4 Å². The Morgan fingerprint density at radius 3 is 2.69 bits per heavy atom. The van der Waals surface area contributed by atoms with E-state index >= 15 is 0 Å². The average molecular weight is 615 g/mol. The number of rotatable bonds is 15. The van der Waals surface area contributed by atoms with Gasteiger partial charge in [-0.25, -0.2) is 4.98 Å². The molecule has 2 amide bonds. The molecule has 2 aliphatic rings. The summed E-state index contributed by atoms with van der Waals surface area (Å²) in [5, 5.41) is 18.5. The second-order valence-corrected chi connectivity index (χ2v) is 12.0. The topological polar surface area (TPSA) is 125 Å². The number of benzene rings is 1. The molecule has 3 aromatic rings. The summed E-state index contributed by atoms with van der Waals surface area (Å²) < 4.78 is 7.69. The summed E-state index contributed by atoms with van der Waals surface area (Å²) in [6.45, 7) is 7.68. The molecule has 4 N–H and O–H groups in total. The Kier molecular flexibility index (Phi) is 11.5. The van der Waals surface area contributed by atoms with Gasteiger partial charge in [-0.05, 0) is 93.7 Å². The van der Waals surface area contributed by atoms with Crippen LogP contribution in [0.4, 0.5) is 0 Å². The smallest absolute Gasteiger partial charge is 0.252 e. The van der Waals surface area contributed by atoms with Crippen LogP contribution in [-0.4, -0.2) is 70.1 Å². The molecular weight excluding hydrogens is 568 g/mol. The summed E-state index contributed by atoms with van der Waals surface area (Å²) in [6.07, 6.45) is 18.4. The van der Waals surface area contributed by atoms with Gasteiger partial charge in [-0.2, -0.15) is 0 Å². The lowest BCUT2D eigenvalue weighted by Crippen LogP contribution is -2.48. The number of aromatic nitrogens is 2. The number of imidazole rings is 1. The van der Waals surface area contributed by atoms with Crippen molar-refractivity contribution in [1.29, 1.82) is 0 Å². The third kappa shape index (κ3) is 8.45. The van der Waals surface area contributed by atoms with E-state index in [4.69, 9.17) is 9.40 Å². The molecule has 45 heavy (non-hydrogen) atoms. The van der Waals surface area contributed by atoms with E-state index in [9.17, 15) is 14.7 Å². The predicted octanol–water partition coefficient (Wildman–Crippen LogP) is 5.62. The van der Waals surface area contributed by atoms with Gasteiger partial charge in [0.1, 0.15) is 18.1 Å². The monoisotopic (exact) mass is 614 g/mol. The van der Waals surface area contributed by atoms with E-state index in [1.165, 1.54) is 32.1 Å². The molecule has 1 aliphatic heterocycles. The Bertz CT molecular complexity index is 1480. The van der Waals surface area contributed by atoms with Crippen LogP contribution in [0.25, 0.3) is 22.4 Å². The summed E-state index contributed by atoms with van der Waals surface area (Å²) in [5.74, 6) is 0.261. The van der Waals surface area contributed by atoms with Crippen molar-refractivity contribution in [2.75, 3.05) is 32.7 Å². The molecule has 1 saturated carbocycles. The number of carbonyl (C=O) groups is 2. The van der Waals surface area contributed by atoms with Gasteiger partial charge >= 0.3 is 0 Å². The van der Waals surface area contributed by atoms with Crippen molar-refractivity contribution in [2.24, 2.45) is 0 Å². The van der Waals surface area contributed by atoms with Gasteiger partial charge in [0.2, 0.25) is 5.91 Å². The van der Waals surface area contributed by atoms with Crippen LogP contribution in [-0.2, 0) is 4.79 Å². The van der Waals surface area contributed by atoms with E-state index in [1.54, 1.807) is 24.7 Å². The van der Waals surface area contributed by atoms with Crippen LogP contribution < -0.4 is 16.0 Å². The Morgan fingerprint density at radius 1 is 1.13 bits per heavy atom. The first-order valence-corrected chi connectivity index (χ1v) is 16.2. The van der Waals surface area contributed by atoms with Crippen molar-refractivity contribution < 1.29 is 19.1 Å². The summed E-state index contributed by atoms with van der Waals surface area (Å²) >= 11 is 0. The molecule has 10 heteroatoms. The lowest BCUT2D eigenvalue weighted by molar-refractivity contribution is -0.123. The van der Waals surface area contributed by atoms with Crippen molar-refractivity contribution in [3.05, 3.63) is 79.1 Å². The first-order chi connectivity index (χ1) is 22.1. The Balaban J connectivity index is 1.37. The average Bonchev–Trinajstić information content (AvgIpc) is 3.85. The molecule has 1 aromatic carbocycles. The van der Waals surface area contributed by atoms with E-state index in [0.717, 1.165) is 66.7 Å². The number of aliphatic hydroxyl groups excluding tert-OH is 1. The van der Waals surface area contributed by atoms with E-state index in [-0.39, 0.29) is 18.2 Å². The maximum atomic E-state index is 13.7. The number of amides is 2. The van der Waals surface area contributed by atoms with Gasteiger partial charge in [-0.15, -0.1) is 6.58 Å². The number of hydrogen-bond donors (Lipinski definition) is 4. The van der Waals surface area contributed by atoms with Crippen LogP contribution in [0.2, 0.25) is 0 Å². The van der Waals surface area contributed by atoms with Crippen LogP contribution in [0.5, 0.6) is 0 Å². The molecule has 1 saturated heterocycles. The fourth-order valence-electron chi connectivity index (χ4n) is 6.42. The minimum absolute atomic E-state index is 0.241. The van der Waals surface area contributed by atoms with Crippen LogP contribution in [0, 0.1) is 0 Å². The molecule has 2 aromatic heterocycles. The van der Waals surface area contributed by atoms with E-state index in [0.29, 0.717) is 31.1 Å². The first kappa shape index (κ1) is 32.1. The zero-order valence-corrected chi connectivity index (χ0v) is 26.0. The number of fused-ring (bicyclic) bond motifs is 1. The standard InChI is InChI=1S/C35H46N6O4/c1-2-15-36-24-26(9-8-20-42)22-31(35(44)37-16-19-40-17-6-7-18-40)39-34(43)27-12-13-32-30(23-27)38-33(28-14-21-45-25-28)41(32)29-10-4-3-5-11-29/h2,8,12-14,20-21,23-25,29,31,36,42H,1,3-7,9-11,15-19,22H2,(H,37,44)(H,39,43)/b20-8+,26-24+/t31-/m0/s1. The molecule has 1 aliphatic carbocycles. The Morgan fingerprint density at radius 2 is 1.96 bits per heavy atom. The molecule has 0 bridgehead atoms. The van der Waals surface area contributed by atoms with Crippen molar-refractivity contribution in [3.63, 3.8) is 0 Å². The normalized spacial score (nSPS) is 17.1. The third-order valence-corrected chi connectivity index (χ3v) is 8.74. The molecule has 0 spiro atoms. The molecule has 240 valence electrons. The Labute approximate surface area is 265 Å². The van der Waals surface area contributed by atoms with Gasteiger partial charge in [0.15, 0.2) is 0 Å². The van der Waals surface area contributed by atoms with Crippen LogP contribution >= 0.6 is 0 Å². The number of nitrogens with one attached hydrogen (secondary N) is 3. The first-order valence-electron chi connectivity index (χ1n) is 16.2. The predicted molar refractivity (Wildman–Crippen MR) is 177 cm³/mol. The van der Waals surface area contributed by atoms with Gasteiger partial charge in [-0.3, -0.25) is 9.59 Å². The zero-order valence-electron chi connectivity index (χ0n) is 26.0. The van der Waals surface area contributed by atoms with Crippen LogP contribution in [0.1, 0.15) is 74.2 Å². The number of furan rings is 1. The van der Waals surface area contributed by atoms with Gasteiger partial charge in [0.05, 0.1) is 29.1 Å². The SMILES string of the molecule is C=CCN/C=C(\C/C=C/O)C[C@H](NC(=O)c1ccc2c(c1)nc(-c1ccoc1)n2C1CCCCC1)C(=O)NCCN1CCCC1. The molecule has 0 unspecified atom stereocenters. The van der Waals surface area contributed by atoms with Gasteiger partial charge < -0.3 is 34.9 Å². The van der Waals surface area contributed by atoms with Gasteiger partial charge in [0, 0.05) is 31.2 Å². The lowest BCUT2D eigenvalue weighted by Gasteiger charge is -2.25. The molecule has 2 fully saturated rings. The van der Waals surface area contributed by atoms with Crippen molar-refractivity contribution in [1.82, 2.24) is 30.4 Å². The highest BCUT2D eigenvalue weighted by molar-refractivity contribution is 6.00. The van der Waals surface area contributed by atoms with Crippen molar-refractivity contribution in [2.45, 2.75) is 69.9 Å². The second-order valence-electron chi connectivity index (χ2n) is 12.0. The van der Waals surface area contributed by atoms with Crippen molar-refractivity contribution >= 4 is 22.8 Å². The summed E-state index contributed by atoms with van der Waals surface area (Å²) in [6, 6.07) is 7.05. The zero-order chi connectivity index (χ0) is 31.4. The fraction of sp³-hybridized carbons (Fsp3) is 0.457. The molecule has 3 heterocycles. The van der Waals surface area contributed by atoms with Crippen LogP contribution in [0.15, 0.2) is 78.0 Å². The maximum Gasteiger partial charge on any atom is 0.252 e. The highest BCUT2D eigenvalue weighted by Gasteiger charge is 2.26. The number of likely N-dealkylation sites (tertiary alicyclic amines) is 1. The number of nitrogens with zero attached hydrogens (tertiary/aromatic N) is 3. The quantitative estimate of drug-likeness (QED) is 0.0995. The third-order valence-electron chi connectivity index (χ3n) is 8.74. The van der Waals surface area contributed by atoms with Gasteiger partial charge in [0.25, 0.3) is 5.91 Å². The molecule has 0 radical (unpaired) electrons. The minimum Gasteiger partial charge on any atom is -0.516 e. The number of allylic oxidation sites excluding steroid dienone is 1. The summed E-state index contributed by atoms with van der Waals surface area (Å²) in [4.78, 5) is 34.5. The highest BCUT2D eigenvalue weighted by atomic mass is 16.3. The van der Waals surface area contributed by atoms with Crippen LogP contribution in [0.3, 0.4) is 0 Å². The van der Waals surface area contributed by atoms with E-state index < -0.39 is 6.04 Å². The van der Waals surface area contributed by atoms with E-state index in [2.05, 4.69) is 32.0 Å². The Hall–Kier alpha value is -4.31. The van der Waals surface area contributed by atoms with Gasteiger partial charge in [-0.1, -0.05) is 25.3 Å². The number of carbonyl (C=O) groups excluding carboxylic acids is 2. The maximum absolute atomic E-state index is 13.7. The fourth-order valence-corrected chi connectivity index (χ4v) is 6.42. The summed E-state index contributed by atoms with van der Waals surface area (Å²) in [5.41, 5.74) is 3.93. The van der Waals surface area contributed by atoms with E-state index in [1.807, 2.05) is 30.5 Å². The lowest BCUT2D eigenvalue weighted by atomic mass is 9.95. The largest absolute Gasteiger partial charge is 0.516 e. The molecule has 1 atom stereocenters. The second kappa shape index (κ2) is 16.1. The minimum atomic E-state index is -0.808.